The second-order valence-electron chi connectivity index (χ2n) is 4.45. The molecule has 0 radical (unpaired) electrons. The molecule has 0 aliphatic heterocycles. The number of aromatic carboxylic acids is 1. The summed E-state index contributed by atoms with van der Waals surface area (Å²) in [5, 5.41) is 20.9. The van der Waals surface area contributed by atoms with E-state index in [9.17, 15) is 19.1 Å². The SMILES string of the molecule is Cc1cc(F)ccc1C(=O)Nc1ccc(C(=O)O)cc1O. The Kier molecular flexibility index (Phi) is 3.89. The summed E-state index contributed by atoms with van der Waals surface area (Å²) in [5.41, 5.74) is 0.699. The zero-order valence-corrected chi connectivity index (χ0v) is 11.1. The lowest BCUT2D eigenvalue weighted by molar-refractivity contribution is 0.0696. The number of phenolic OH excluding ortho intramolecular Hbond substituents is 1. The molecule has 2 aromatic carbocycles. The van der Waals surface area contributed by atoms with Crippen LogP contribution in [0.4, 0.5) is 10.1 Å². The fraction of sp³-hybridized carbons (Fsp3) is 0.0667. The minimum Gasteiger partial charge on any atom is -0.506 e. The number of aryl methyl sites for hydroxylation is 1. The highest BCUT2D eigenvalue weighted by Crippen LogP contribution is 2.25. The number of halogens is 1. The van der Waals surface area contributed by atoms with E-state index in [4.69, 9.17) is 5.11 Å². The summed E-state index contributed by atoms with van der Waals surface area (Å²) in [5.74, 6) is -2.51. The third-order valence-electron chi connectivity index (χ3n) is 2.93. The van der Waals surface area contributed by atoms with Crippen LogP contribution in [0.15, 0.2) is 36.4 Å². The molecule has 0 heterocycles. The molecule has 2 aromatic rings. The van der Waals surface area contributed by atoms with Gasteiger partial charge in [0.25, 0.3) is 5.91 Å². The van der Waals surface area contributed by atoms with Crippen molar-refractivity contribution in [2.45, 2.75) is 6.92 Å². The van der Waals surface area contributed by atoms with E-state index < -0.39 is 17.7 Å². The van der Waals surface area contributed by atoms with Gasteiger partial charge < -0.3 is 15.5 Å². The van der Waals surface area contributed by atoms with Gasteiger partial charge in [-0.2, -0.15) is 0 Å². The Morgan fingerprint density at radius 2 is 1.86 bits per heavy atom. The van der Waals surface area contributed by atoms with Crippen molar-refractivity contribution in [1.82, 2.24) is 0 Å². The number of nitrogens with one attached hydrogen (secondary N) is 1. The van der Waals surface area contributed by atoms with E-state index in [0.717, 1.165) is 12.1 Å². The van der Waals surface area contributed by atoms with Gasteiger partial charge in [0.2, 0.25) is 0 Å². The maximum Gasteiger partial charge on any atom is 0.335 e. The zero-order valence-electron chi connectivity index (χ0n) is 11.1. The summed E-state index contributed by atoms with van der Waals surface area (Å²) in [6.07, 6.45) is 0. The van der Waals surface area contributed by atoms with Crippen LogP contribution < -0.4 is 5.32 Å². The number of rotatable bonds is 3. The lowest BCUT2D eigenvalue weighted by atomic mass is 10.1. The van der Waals surface area contributed by atoms with Crippen LogP contribution >= 0.6 is 0 Å². The van der Waals surface area contributed by atoms with E-state index in [1.54, 1.807) is 6.92 Å². The van der Waals surface area contributed by atoms with Gasteiger partial charge in [-0.1, -0.05) is 0 Å². The molecule has 0 aromatic heterocycles. The number of anilines is 1. The molecule has 0 saturated carbocycles. The van der Waals surface area contributed by atoms with E-state index in [2.05, 4.69) is 5.32 Å². The average Bonchev–Trinajstić information content (AvgIpc) is 2.40. The second kappa shape index (κ2) is 5.62. The van der Waals surface area contributed by atoms with Gasteiger partial charge in [-0.15, -0.1) is 0 Å². The van der Waals surface area contributed by atoms with E-state index in [-0.39, 0.29) is 22.6 Å². The second-order valence-corrected chi connectivity index (χ2v) is 4.45. The molecule has 1 amide bonds. The Labute approximate surface area is 119 Å². The highest BCUT2D eigenvalue weighted by atomic mass is 19.1. The number of aromatic hydroxyl groups is 1. The highest BCUT2D eigenvalue weighted by molar-refractivity contribution is 6.06. The third kappa shape index (κ3) is 3.17. The van der Waals surface area contributed by atoms with E-state index in [0.29, 0.717) is 5.56 Å². The molecule has 0 spiro atoms. The number of carbonyl (C=O) groups excluding carboxylic acids is 1. The molecule has 0 unspecified atom stereocenters. The molecule has 3 N–H and O–H groups in total. The molecule has 21 heavy (non-hydrogen) atoms. The van der Waals surface area contributed by atoms with Gasteiger partial charge in [0.15, 0.2) is 0 Å². The van der Waals surface area contributed by atoms with Crippen molar-refractivity contribution in [2.75, 3.05) is 5.32 Å². The fourth-order valence-electron chi connectivity index (χ4n) is 1.84. The molecule has 2 rings (SSSR count). The molecule has 6 heteroatoms. The van der Waals surface area contributed by atoms with Crippen LogP contribution in [-0.2, 0) is 0 Å². The Morgan fingerprint density at radius 1 is 1.14 bits per heavy atom. The summed E-state index contributed by atoms with van der Waals surface area (Å²) < 4.78 is 13.0. The van der Waals surface area contributed by atoms with Gasteiger partial charge in [0.05, 0.1) is 11.3 Å². The largest absolute Gasteiger partial charge is 0.506 e. The number of hydrogen-bond acceptors (Lipinski definition) is 3. The van der Waals surface area contributed by atoms with Crippen molar-refractivity contribution < 1.29 is 24.2 Å². The van der Waals surface area contributed by atoms with Crippen LogP contribution in [0.25, 0.3) is 0 Å². The van der Waals surface area contributed by atoms with Crippen molar-refractivity contribution in [3.63, 3.8) is 0 Å². The first-order valence-corrected chi connectivity index (χ1v) is 6.02. The van der Waals surface area contributed by atoms with E-state index >= 15 is 0 Å². The predicted octanol–water partition coefficient (Wildman–Crippen LogP) is 2.79. The Hall–Kier alpha value is -2.89. The van der Waals surface area contributed by atoms with Gasteiger partial charge in [0.1, 0.15) is 11.6 Å². The fourth-order valence-corrected chi connectivity index (χ4v) is 1.84. The van der Waals surface area contributed by atoms with E-state index in [1.807, 2.05) is 0 Å². The third-order valence-corrected chi connectivity index (χ3v) is 2.93. The summed E-state index contributed by atoms with van der Waals surface area (Å²) >= 11 is 0. The maximum absolute atomic E-state index is 13.0. The zero-order chi connectivity index (χ0) is 15.6. The minimum absolute atomic E-state index is 0.0775. The van der Waals surface area contributed by atoms with Crippen LogP contribution in [-0.4, -0.2) is 22.1 Å². The number of carboxylic acids is 1. The molecular formula is C15H12FNO4. The smallest absolute Gasteiger partial charge is 0.335 e. The molecule has 0 fully saturated rings. The van der Waals surface area contributed by atoms with Crippen molar-refractivity contribution in [1.29, 1.82) is 0 Å². The number of phenols is 1. The molecule has 0 bridgehead atoms. The number of amides is 1. The molecule has 0 atom stereocenters. The summed E-state index contributed by atoms with van der Waals surface area (Å²) in [7, 11) is 0. The first-order chi connectivity index (χ1) is 9.88. The first-order valence-electron chi connectivity index (χ1n) is 6.02. The highest BCUT2D eigenvalue weighted by Gasteiger charge is 2.13. The van der Waals surface area contributed by atoms with Gasteiger partial charge in [-0.05, 0) is 48.9 Å². The van der Waals surface area contributed by atoms with Gasteiger partial charge in [0, 0.05) is 5.56 Å². The van der Waals surface area contributed by atoms with Crippen LogP contribution in [0.2, 0.25) is 0 Å². The van der Waals surface area contributed by atoms with Crippen LogP contribution in [0.1, 0.15) is 26.3 Å². The number of hydrogen-bond donors (Lipinski definition) is 3. The Morgan fingerprint density at radius 3 is 2.43 bits per heavy atom. The number of carboxylic acid groups (broad SMARTS) is 1. The van der Waals surface area contributed by atoms with Crippen molar-refractivity contribution in [3.05, 3.63) is 58.9 Å². The van der Waals surface area contributed by atoms with Crippen LogP contribution in [0.5, 0.6) is 5.75 Å². The Bertz CT molecular complexity index is 728. The van der Waals surface area contributed by atoms with Crippen molar-refractivity contribution in [2.24, 2.45) is 0 Å². The molecule has 0 aliphatic carbocycles. The normalized spacial score (nSPS) is 10.2. The quantitative estimate of drug-likeness (QED) is 0.758. The van der Waals surface area contributed by atoms with Crippen LogP contribution in [0.3, 0.4) is 0 Å². The summed E-state index contributed by atoms with van der Waals surface area (Å²) in [6.45, 7) is 1.59. The van der Waals surface area contributed by atoms with E-state index in [1.165, 1.54) is 24.3 Å². The number of carbonyl (C=O) groups is 2. The molecule has 108 valence electrons. The van der Waals surface area contributed by atoms with Crippen LogP contribution in [0, 0.1) is 12.7 Å². The average molecular weight is 289 g/mol. The van der Waals surface area contributed by atoms with Gasteiger partial charge >= 0.3 is 5.97 Å². The topological polar surface area (TPSA) is 86.6 Å². The lowest BCUT2D eigenvalue weighted by Crippen LogP contribution is -2.13. The molecule has 5 nitrogen and oxygen atoms in total. The molecule has 0 aliphatic rings. The standard InChI is InChI=1S/C15H12FNO4/c1-8-6-10(16)3-4-11(8)14(19)17-12-5-2-9(15(20)21)7-13(12)18/h2-7,18H,1H3,(H,17,19)(H,20,21). The monoisotopic (exact) mass is 289 g/mol. The number of benzene rings is 2. The molecule has 0 saturated heterocycles. The maximum atomic E-state index is 13.0. The Balaban J connectivity index is 2.25. The molecular weight excluding hydrogens is 277 g/mol. The first kappa shape index (κ1) is 14.5. The minimum atomic E-state index is -1.18. The van der Waals surface area contributed by atoms with Gasteiger partial charge in [-0.3, -0.25) is 4.79 Å². The van der Waals surface area contributed by atoms with Crippen molar-refractivity contribution in [3.8, 4) is 5.75 Å². The van der Waals surface area contributed by atoms with Gasteiger partial charge in [-0.25, -0.2) is 9.18 Å². The lowest BCUT2D eigenvalue weighted by Gasteiger charge is -2.09. The summed E-state index contributed by atoms with van der Waals surface area (Å²) in [6, 6.07) is 7.31. The predicted molar refractivity (Wildman–Crippen MR) is 74.2 cm³/mol. The summed E-state index contributed by atoms with van der Waals surface area (Å²) in [4.78, 5) is 22.8. The van der Waals surface area contributed by atoms with Crippen molar-refractivity contribution >= 4 is 17.6 Å².